The third-order valence-corrected chi connectivity index (χ3v) is 4.01. The molecule has 0 spiro atoms. The van der Waals surface area contributed by atoms with E-state index in [1.54, 1.807) is 0 Å². The van der Waals surface area contributed by atoms with Gasteiger partial charge < -0.3 is 10.6 Å². The van der Waals surface area contributed by atoms with Gasteiger partial charge in [0.1, 0.15) is 0 Å². The Morgan fingerprint density at radius 3 is 2.47 bits per heavy atom. The zero-order valence-electron chi connectivity index (χ0n) is 11.2. The molecule has 0 aromatic rings. The summed E-state index contributed by atoms with van der Waals surface area (Å²) in [5.74, 6) is 0.917. The minimum Gasteiger partial charge on any atom is -0.354 e. The molecule has 0 aliphatic heterocycles. The standard InChI is InChI=1S/C14H26N2O/c1-11(2)10-14(6-3-7-14)13(17)16-9-8-15-12-4-5-12/h11-12,15H,3-10H2,1-2H3,(H,16,17). The summed E-state index contributed by atoms with van der Waals surface area (Å²) < 4.78 is 0. The lowest BCUT2D eigenvalue weighted by Crippen LogP contribution is -2.48. The lowest BCUT2D eigenvalue weighted by Gasteiger charge is -2.41. The topological polar surface area (TPSA) is 41.1 Å². The van der Waals surface area contributed by atoms with Gasteiger partial charge in [-0.15, -0.1) is 0 Å². The molecule has 0 unspecified atom stereocenters. The molecule has 0 aromatic heterocycles. The summed E-state index contributed by atoms with van der Waals surface area (Å²) in [4.78, 5) is 12.2. The van der Waals surface area contributed by atoms with Crippen LogP contribution in [0.2, 0.25) is 0 Å². The monoisotopic (exact) mass is 238 g/mol. The molecule has 1 amide bonds. The van der Waals surface area contributed by atoms with Gasteiger partial charge in [-0.05, 0) is 38.0 Å². The largest absolute Gasteiger partial charge is 0.354 e. The van der Waals surface area contributed by atoms with Crippen molar-refractivity contribution in [2.24, 2.45) is 11.3 Å². The van der Waals surface area contributed by atoms with Crippen molar-refractivity contribution in [3.63, 3.8) is 0 Å². The lowest BCUT2D eigenvalue weighted by molar-refractivity contribution is -0.137. The van der Waals surface area contributed by atoms with Crippen molar-refractivity contribution in [1.82, 2.24) is 10.6 Å². The molecule has 2 N–H and O–H groups in total. The normalized spacial score (nSPS) is 22.3. The first-order valence-electron chi connectivity index (χ1n) is 7.14. The fraction of sp³-hybridized carbons (Fsp3) is 0.929. The molecule has 98 valence electrons. The Morgan fingerprint density at radius 2 is 2.00 bits per heavy atom. The molecule has 17 heavy (non-hydrogen) atoms. The van der Waals surface area contributed by atoms with Crippen molar-refractivity contribution in [2.45, 2.75) is 58.4 Å². The van der Waals surface area contributed by atoms with E-state index in [2.05, 4.69) is 24.5 Å². The Kier molecular flexibility index (Phi) is 4.08. The number of rotatable bonds is 7. The number of hydrogen-bond donors (Lipinski definition) is 2. The molecule has 2 fully saturated rings. The highest BCUT2D eigenvalue weighted by molar-refractivity contribution is 5.83. The van der Waals surface area contributed by atoms with Crippen molar-refractivity contribution in [3.05, 3.63) is 0 Å². The molecule has 0 radical (unpaired) electrons. The van der Waals surface area contributed by atoms with Gasteiger partial charge in [0.15, 0.2) is 0 Å². The van der Waals surface area contributed by atoms with Crippen LogP contribution in [-0.2, 0) is 4.79 Å². The van der Waals surface area contributed by atoms with Gasteiger partial charge in [0.2, 0.25) is 5.91 Å². The number of nitrogens with one attached hydrogen (secondary N) is 2. The summed E-state index contributed by atoms with van der Waals surface area (Å²) in [7, 11) is 0. The summed E-state index contributed by atoms with van der Waals surface area (Å²) in [6.45, 7) is 6.13. The van der Waals surface area contributed by atoms with Crippen LogP contribution in [0.25, 0.3) is 0 Å². The van der Waals surface area contributed by atoms with Crippen molar-refractivity contribution in [2.75, 3.05) is 13.1 Å². The molecule has 0 saturated heterocycles. The Bertz CT molecular complexity index is 267. The van der Waals surface area contributed by atoms with Gasteiger partial charge in [0, 0.05) is 24.5 Å². The molecular formula is C14H26N2O. The van der Waals surface area contributed by atoms with E-state index >= 15 is 0 Å². The van der Waals surface area contributed by atoms with Crippen LogP contribution in [0.5, 0.6) is 0 Å². The van der Waals surface area contributed by atoms with Gasteiger partial charge in [0.25, 0.3) is 0 Å². The predicted octanol–water partition coefficient (Wildman–Crippen LogP) is 2.07. The number of amides is 1. The molecule has 2 rings (SSSR count). The second-order valence-electron chi connectivity index (χ2n) is 6.22. The highest BCUT2D eigenvalue weighted by Gasteiger charge is 2.43. The average Bonchev–Trinajstić information content (AvgIpc) is 3.01. The van der Waals surface area contributed by atoms with E-state index in [9.17, 15) is 4.79 Å². The van der Waals surface area contributed by atoms with Crippen molar-refractivity contribution in [3.8, 4) is 0 Å². The minimum absolute atomic E-state index is 0.0201. The molecule has 0 atom stereocenters. The van der Waals surface area contributed by atoms with E-state index in [4.69, 9.17) is 0 Å². The predicted molar refractivity (Wildman–Crippen MR) is 69.8 cm³/mol. The van der Waals surface area contributed by atoms with Gasteiger partial charge >= 0.3 is 0 Å². The van der Waals surface area contributed by atoms with E-state index in [0.717, 1.165) is 38.4 Å². The highest BCUT2D eigenvalue weighted by Crippen LogP contribution is 2.46. The first-order chi connectivity index (χ1) is 8.12. The molecule has 3 nitrogen and oxygen atoms in total. The van der Waals surface area contributed by atoms with Crippen LogP contribution >= 0.6 is 0 Å². The number of carbonyl (C=O) groups is 1. The third-order valence-electron chi connectivity index (χ3n) is 4.01. The molecule has 2 aliphatic carbocycles. The van der Waals surface area contributed by atoms with Crippen LogP contribution in [0, 0.1) is 11.3 Å². The van der Waals surface area contributed by atoms with E-state index in [0.29, 0.717) is 11.8 Å². The Balaban J connectivity index is 1.68. The van der Waals surface area contributed by atoms with Crippen LogP contribution in [0.4, 0.5) is 0 Å². The second kappa shape index (κ2) is 5.38. The average molecular weight is 238 g/mol. The van der Waals surface area contributed by atoms with Crippen LogP contribution < -0.4 is 10.6 Å². The SMILES string of the molecule is CC(C)CC1(C(=O)NCCNC2CC2)CCC1. The van der Waals surface area contributed by atoms with E-state index in [1.165, 1.54) is 19.3 Å². The number of carbonyl (C=O) groups excluding carboxylic acids is 1. The summed E-state index contributed by atoms with van der Waals surface area (Å²) in [5.41, 5.74) is -0.0201. The maximum absolute atomic E-state index is 12.2. The highest BCUT2D eigenvalue weighted by atomic mass is 16.2. The first-order valence-corrected chi connectivity index (χ1v) is 7.14. The smallest absolute Gasteiger partial charge is 0.226 e. The zero-order chi connectivity index (χ0) is 12.3. The number of hydrogen-bond acceptors (Lipinski definition) is 2. The van der Waals surface area contributed by atoms with E-state index < -0.39 is 0 Å². The van der Waals surface area contributed by atoms with Crippen molar-refractivity contribution < 1.29 is 4.79 Å². The fourth-order valence-corrected chi connectivity index (χ4v) is 2.84. The van der Waals surface area contributed by atoms with Gasteiger partial charge in [-0.3, -0.25) is 4.79 Å². The third kappa shape index (κ3) is 3.44. The maximum Gasteiger partial charge on any atom is 0.226 e. The van der Waals surface area contributed by atoms with E-state index in [-0.39, 0.29) is 5.41 Å². The fourth-order valence-electron chi connectivity index (χ4n) is 2.84. The molecular weight excluding hydrogens is 212 g/mol. The lowest BCUT2D eigenvalue weighted by atomic mass is 9.64. The molecule has 2 saturated carbocycles. The quantitative estimate of drug-likeness (QED) is 0.667. The Morgan fingerprint density at radius 1 is 1.29 bits per heavy atom. The summed E-state index contributed by atoms with van der Waals surface area (Å²) >= 11 is 0. The summed E-state index contributed by atoms with van der Waals surface area (Å²) in [6, 6.07) is 0.736. The van der Waals surface area contributed by atoms with Crippen molar-refractivity contribution in [1.29, 1.82) is 0 Å². The van der Waals surface area contributed by atoms with Gasteiger partial charge in [-0.1, -0.05) is 20.3 Å². The van der Waals surface area contributed by atoms with Crippen LogP contribution in [0.15, 0.2) is 0 Å². The minimum atomic E-state index is -0.0201. The summed E-state index contributed by atoms with van der Waals surface area (Å²) in [6.07, 6.45) is 7.08. The molecule has 0 bridgehead atoms. The molecule has 0 aromatic carbocycles. The summed E-state index contributed by atoms with van der Waals surface area (Å²) in [5, 5.41) is 6.54. The van der Waals surface area contributed by atoms with E-state index in [1.807, 2.05) is 0 Å². The first kappa shape index (κ1) is 12.9. The van der Waals surface area contributed by atoms with Gasteiger partial charge in [-0.2, -0.15) is 0 Å². The molecule has 3 heteroatoms. The van der Waals surface area contributed by atoms with Gasteiger partial charge in [-0.25, -0.2) is 0 Å². The van der Waals surface area contributed by atoms with Crippen LogP contribution in [0.1, 0.15) is 52.4 Å². The molecule has 0 heterocycles. The maximum atomic E-state index is 12.2. The van der Waals surface area contributed by atoms with Crippen LogP contribution in [-0.4, -0.2) is 25.0 Å². The van der Waals surface area contributed by atoms with Gasteiger partial charge in [0.05, 0.1) is 0 Å². The second-order valence-corrected chi connectivity index (χ2v) is 6.22. The zero-order valence-corrected chi connectivity index (χ0v) is 11.2. The Labute approximate surface area is 105 Å². The Hall–Kier alpha value is -0.570. The molecule has 2 aliphatic rings. The van der Waals surface area contributed by atoms with Crippen molar-refractivity contribution >= 4 is 5.91 Å². The van der Waals surface area contributed by atoms with Crippen LogP contribution in [0.3, 0.4) is 0 Å².